The van der Waals surface area contributed by atoms with Crippen molar-refractivity contribution < 1.29 is 17.6 Å². The van der Waals surface area contributed by atoms with Gasteiger partial charge >= 0.3 is 6.18 Å². The van der Waals surface area contributed by atoms with Crippen molar-refractivity contribution in [2.24, 2.45) is 4.99 Å². The first kappa shape index (κ1) is 19.4. The van der Waals surface area contributed by atoms with Gasteiger partial charge in [0.05, 0.1) is 12.2 Å². The molecule has 0 amide bonds. The molecule has 1 saturated heterocycles. The summed E-state index contributed by atoms with van der Waals surface area (Å²) in [5.74, 6) is 0.338. The number of piperazine rings is 1. The number of halogens is 4. The normalized spacial score (nSPS) is 16.0. The second kappa shape index (κ2) is 8.12. The average molecular weight is 401 g/mol. The first-order chi connectivity index (χ1) is 12.9. The second-order valence-electron chi connectivity index (χ2n) is 5.95. The van der Waals surface area contributed by atoms with E-state index in [1.807, 2.05) is 9.80 Å². The van der Waals surface area contributed by atoms with E-state index < -0.39 is 11.9 Å². The average Bonchev–Trinajstić information content (AvgIpc) is 3.13. The number of anilines is 1. The minimum atomic E-state index is -4.43. The third-order valence-corrected chi connectivity index (χ3v) is 5.07. The molecule has 1 aromatic carbocycles. The number of thiazole rings is 1. The Bertz CT molecular complexity index is 797. The van der Waals surface area contributed by atoms with Crippen molar-refractivity contribution >= 4 is 23.0 Å². The first-order valence-corrected chi connectivity index (χ1v) is 9.23. The molecule has 0 unspecified atom stereocenters. The largest absolute Gasteiger partial charge is 0.434 e. The van der Waals surface area contributed by atoms with Crippen molar-refractivity contribution in [3.05, 3.63) is 46.2 Å². The Balaban J connectivity index is 1.55. The van der Waals surface area contributed by atoms with Crippen molar-refractivity contribution in [1.29, 1.82) is 0 Å². The van der Waals surface area contributed by atoms with Crippen LogP contribution in [0.3, 0.4) is 0 Å². The van der Waals surface area contributed by atoms with Crippen molar-refractivity contribution in [2.75, 3.05) is 38.1 Å². The van der Waals surface area contributed by atoms with Gasteiger partial charge in [0.2, 0.25) is 0 Å². The van der Waals surface area contributed by atoms with Gasteiger partial charge < -0.3 is 15.1 Å². The summed E-state index contributed by atoms with van der Waals surface area (Å²) in [5.41, 5.74) is -0.305. The van der Waals surface area contributed by atoms with E-state index in [2.05, 4.69) is 15.3 Å². The van der Waals surface area contributed by atoms with Crippen LogP contribution < -0.4 is 10.2 Å². The maximum Gasteiger partial charge on any atom is 0.434 e. The van der Waals surface area contributed by atoms with Gasteiger partial charge in [-0.1, -0.05) is 12.1 Å². The molecule has 1 aromatic heterocycles. The Morgan fingerprint density at radius 3 is 2.52 bits per heavy atom. The van der Waals surface area contributed by atoms with Crippen molar-refractivity contribution in [3.63, 3.8) is 0 Å². The molecule has 0 bridgehead atoms. The molecule has 0 radical (unpaired) electrons. The van der Waals surface area contributed by atoms with E-state index in [0.29, 0.717) is 42.8 Å². The Morgan fingerprint density at radius 2 is 1.93 bits per heavy atom. The predicted molar refractivity (Wildman–Crippen MR) is 97.5 cm³/mol. The van der Waals surface area contributed by atoms with Gasteiger partial charge in [-0.05, 0) is 12.1 Å². The highest BCUT2D eigenvalue weighted by Gasteiger charge is 2.33. The highest BCUT2D eigenvalue weighted by atomic mass is 32.1. The quantitative estimate of drug-likeness (QED) is 0.487. The number of guanidine groups is 1. The van der Waals surface area contributed by atoms with Gasteiger partial charge in [-0.15, -0.1) is 11.3 Å². The minimum Gasteiger partial charge on any atom is -0.366 e. The molecule has 0 saturated carbocycles. The molecule has 0 atom stereocenters. The van der Waals surface area contributed by atoms with Gasteiger partial charge in [-0.25, -0.2) is 9.37 Å². The van der Waals surface area contributed by atoms with E-state index in [1.54, 1.807) is 25.2 Å². The molecule has 0 spiro atoms. The van der Waals surface area contributed by atoms with Crippen LogP contribution in [0.15, 0.2) is 34.6 Å². The molecule has 1 N–H and O–H groups in total. The molecule has 3 rings (SSSR count). The summed E-state index contributed by atoms with van der Waals surface area (Å²) in [4.78, 5) is 11.8. The summed E-state index contributed by atoms with van der Waals surface area (Å²) in [5, 5.41) is 4.40. The standard InChI is InChI=1S/C17H19F4N5S/c1-22-16(23-10-15-24-14(11-27-15)17(19,20)21)26-8-6-25(7-9-26)13-5-3-2-4-12(13)18/h2-5,11H,6-10H2,1H3,(H,22,23). The van der Waals surface area contributed by atoms with Gasteiger partial charge in [0.25, 0.3) is 0 Å². The number of nitrogens with one attached hydrogen (secondary N) is 1. The van der Waals surface area contributed by atoms with E-state index in [4.69, 9.17) is 0 Å². The Kier molecular flexibility index (Phi) is 5.83. The smallest absolute Gasteiger partial charge is 0.366 e. The highest BCUT2D eigenvalue weighted by Crippen LogP contribution is 2.30. The Hall–Kier alpha value is -2.36. The number of nitrogens with zero attached hydrogens (tertiary/aromatic N) is 4. The van der Waals surface area contributed by atoms with Gasteiger partial charge in [-0.2, -0.15) is 13.2 Å². The summed E-state index contributed by atoms with van der Waals surface area (Å²) in [6.07, 6.45) is -4.43. The zero-order valence-corrected chi connectivity index (χ0v) is 15.4. The number of hydrogen-bond acceptors (Lipinski definition) is 4. The zero-order valence-electron chi connectivity index (χ0n) is 14.6. The lowest BCUT2D eigenvalue weighted by molar-refractivity contribution is -0.140. The SMILES string of the molecule is CN=C(NCc1nc(C(F)(F)F)cs1)N1CCN(c2ccccc2F)CC1. The third-order valence-electron chi connectivity index (χ3n) is 4.22. The van der Waals surface area contributed by atoms with Crippen LogP contribution in [0.4, 0.5) is 23.2 Å². The number of para-hydroxylation sites is 1. The maximum absolute atomic E-state index is 13.9. The number of benzene rings is 1. The van der Waals surface area contributed by atoms with Crippen LogP contribution in [0.25, 0.3) is 0 Å². The van der Waals surface area contributed by atoms with E-state index in [-0.39, 0.29) is 12.4 Å². The maximum atomic E-state index is 13.9. The molecule has 0 aliphatic carbocycles. The van der Waals surface area contributed by atoms with Crippen LogP contribution in [0.1, 0.15) is 10.7 Å². The molecule has 1 aliphatic heterocycles. The summed E-state index contributed by atoms with van der Waals surface area (Å²) >= 11 is 0.958. The molecule has 27 heavy (non-hydrogen) atoms. The Labute approximate surface area is 158 Å². The van der Waals surface area contributed by atoms with E-state index >= 15 is 0 Å². The number of aliphatic imine (C=N–C) groups is 1. The first-order valence-electron chi connectivity index (χ1n) is 8.35. The van der Waals surface area contributed by atoms with Crippen molar-refractivity contribution in [2.45, 2.75) is 12.7 Å². The lowest BCUT2D eigenvalue weighted by Gasteiger charge is -2.37. The van der Waals surface area contributed by atoms with E-state index in [9.17, 15) is 17.6 Å². The monoisotopic (exact) mass is 401 g/mol. The molecule has 5 nitrogen and oxygen atoms in total. The topological polar surface area (TPSA) is 43.8 Å². The fourth-order valence-corrected chi connectivity index (χ4v) is 3.62. The molecular weight excluding hydrogens is 382 g/mol. The van der Waals surface area contributed by atoms with Crippen molar-refractivity contribution in [3.8, 4) is 0 Å². The van der Waals surface area contributed by atoms with Crippen LogP contribution in [0.5, 0.6) is 0 Å². The van der Waals surface area contributed by atoms with Gasteiger partial charge in [-0.3, -0.25) is 4.99 Å². The van der Waals surface area contributed by atoms with E-state index in [0.717, 1.165) is 16.7 Å². The summed E-state index contributed by atoms with van der Waals surface area (Å²) in [6, 6.07) is 6.64. The highest BCUT2D eigenvalue weighted by molar-refractivity contribution is 7.09. The van der Waals surface area contributed by atoms with Gasteiger partial charge in [0.1, 0.15) is 10.8 Å². The van der Waals surface area contributed by atoms with Crippen LogP contribution >= 0.6 is 11.3 Å². The fourth-order valence-electron chi connectivity index (χ4n) is 2.88. The third kappa shape index (κ3) is 4.68. The summed E-state index contributed by atoms with van der Waals surface area (Å²) < 4.78 is 51.8. The number of hydrogen-bond donors (Lipinski definition) is 1. The number of aromatic nitrogens is 1. The van der Waals surface area contributed by atoms with Crippen molar-refractivity contribution in [1.82, 2.24) is 15.2 Å². The van der Waals surface area contributed by atoms with Crippen LogP contribution in [0.2, 0.25) is 0 Å². The minimum absolute atomic E-state index is 0.168. The fraction of sp³-hybridized carbons (Fsp3) is 0.412. The molecule has 10 heteroatoms. The van der Waals surface area contributed by atoms with Crippen LogP contribution in [-0.4, -0.2) is 49.1 Å². The summed E-state index contributed by atoms with van der Waals surface area (Å²) in [7, 11) is 1.62. The van der Waals surface area contributed by atoms with E-state index in [1.165, 1.54) is 6.07 Å². The van der Waals surface area contributed by atoms with Crippen LogP contribution in [0, 0.1) is 5.82 Å². The molecule has 2 heterocycles. The lowest BCUT2D eigenvalue weighted by Crippen LogP contribution is -2.52. The summed E-state index contributed by atoms with van der Waals surface area (Å²) in [6.45, 7) is 2.66. The number of alkyl halides is 3. The molecule has 1 aliphatic rings. The lowest BCUT2D eigenvalue weighted by atomic mass is 10.2. The molecule has 146 valence electrons. The van der Waals surface area contributed by atoms with Gasteiger partial charge in [0, 0.05) is 38.6 Å². The van der Waals surface area contributed by atoms with Gasteiger partial charge in [0.15, 0.2) is 11.7 Å². The van der Waals surface area contributed by atoms with Crippen LogP contribution in [-0.2, 0) is 12.7 Å². The second-order valence-corrected chi connectivity index (χ2v) is 6.89. The molecule has 1 fully saturated rings. The molecular formula is C17H19F4N5S. The zero-order chi connectivity index (χ0) is 19.4. The predicted octanol–water partition coefficient (Wildman–Crippen LogP) is 3.20. The molecule has 2 aromatic rings. The Morgan fingerprint density at radius 1 is 1.22 bits per heavy atom. The number of rotatable bonds is 3.